The third-order valence-corrected chi connectivity index (χ3v) is 4.22. The van der Waals surface area contributed by atoms with Crippen LogP contribution in [0.2, 0.25) is 5.15 Å². The summed E-state index contributed by atoms with van der Waals surface area (Å²) in [5.74, 6) is 1.58. The molecule has 3 N–H and O–H groups in total. The van der Waals surface area contributed by atoms with Gasteiger partial charge in [0.05, 0.1) is 11.1 Å². The van der Waals surface area contributed by atoms with Gasteiger partial charge in [-0.15, -0.1) is 10.2 Å². The summed E-state index contributed by atoms with van der Waals surface area (Å²) < 4.78 is 1.68. The maximum atomic E-state index is 6.03. The molecule has 0 amide bonds. The summed E-state index contributed by atoms with van der Waals surface area (Å²) in [6, 6.07) is 3.45. The van der Waals surface area contributed by atoms with E-state index >= 15 is 0 Å². The summed E-state index contributed by atoms with van der Waals surface area (Å²) in [4.78, 5) is 0. The summed E-state index contributed by atoms with van der Waals surface area (Å²) in [6.45, 7) is 0. The fourth-order valence-corrected chi connectivity index (χ4v) is 3.12. The molecule has 0 aromatic carbocycles. The first-order valence-corrected chi connectivity index (χ1v) is 7.34. The minimum absolute atomic E-state index is 0.347. The van der Waals surface area contributed by atoms with Crippen molar-refractivity contribution in [2.75, 3.05) is 5.73 Å². The van der Waals surface area contributed by atoms with Gasteiger partial charge < -0.3 is 5.73 Å². The number of nitrogens with zero attached hydrogens (tertiary/aromatic N) is 5. The predicted octanol–water partition coefficient (Wildman–Crippen LogP) is 2.43. The molecular weight excluding hydrogens is 290 g/mol. The lowest BCUT2D eigenvalue weighted by atomic mass is 10.0. The Morgan fingerprint density at radius 2 is 2.05 bits per heavy atom. The zero-order valence-electron chi connectivity index (χ0n) is 11.3. The molecule has 3 aromatic heterocycles. The second-order valence-electron chi connectivity index (χ2n) is 5.33. The van der Waals surface area contributed by atoms with Crippen molar-refractivity contribution in [1.82, 2.24) is 30.2 Å². The van der Waals surface area contributed by atoms with Crippen LogP contribution in [0.25, 0.3) is 16.9 Å². The van der Waals surface area contributed by atoms with Crippen molar-refractivity contribution in [2.45, 2.75) is 31.6 Å². The fourth-order valence-electron chi connectivity index (χ4n) is 3.02. The molecule has 21 heavy (non-hydrogen) atoms. The number of nitrogens with two attached hydrogens (primary N) is 1. The summed E-state index contributed by atoms with van der Waals surface area (Å²) in [6.07, 6.45) is 4.75. The van der Waals surface area contributed by atoms with Crippen LogP contribution < -0.4 is 5.73 Å². The van der Waals surface area contributed by atoms with Gasteiger partial charge in [0.15, 0.2) is 16.6 Å². The van der Waals surface area contributed by atoms with Gasteiger partial charge in [-0.2, -0.15) is 14.9 Å². The van der Waals surface area contributed by atoms with Crippen LogP contribution in [0.15, 0.2) is 12.1 Å². The van der Waals surface area contributed by atoms with E-state index in [1.165, 1.54) is 12.8 Å². The molecule has 1 fully saturated rings. The standard InChI is InChI=1S/C13H14ClN7/c14-8-5-6-9(17-16-8)21-13-10(12(15)18-19-13)11(20-21)7-3-1-2-4-7/h5-7H,1-4H2,(H3,15,18,19). The van der Waals surface area contributed by atoms with E-state index < -0.39 is 0 Å². The molecule has 0 saturated heterocycles. The molecule has 7 nitrogen and oxygen atoms in total. The monoisotopic (exact) mass is 303 g/mol. The molecule has 0 bridgehead atoms. The van der Waals surface area contributed by atoms with Crippen molar-refractivity contribution in [2.24, 2.45) is 0 Å². The minimum Gasteiger partial charge on any atom is -0.383 e. The van der Waals surface area contributed by atoms with Gasteiger partial charge in [-0.3, -0.25) is 5.10 Å². The van der Waals surface area contributed by atoms with E-state index in [1.807, 2.05) is 0 Å². The first-order valence-electron chi connectivity index (χ1n) is 6.96. The molecule has 3 aromatic rings. The van der Waals surface area contributed by atoms with E-state index in [4.69, 9.17) is 22.4 Å². The average molecular weight is 304 g/mol. The second-order valence-corrected chi connectivity index (χ2v) is 5.72. The molecular formula is C13H14ClN7. The number of nitrogen functional groups attached to an aromatic ring is 1. The van der Waals surface area contributed by atoms with Gasteiger partial charge in [-0.1, -0.05) is 24.4 Å². The summed E-state index contributed by atoms with van der Waals surface area (Å²) >= 11 is 5.79. The van der Waals surface area contributed by atoms with E-state index in [0.29, 0.717) is 28.4 Å². The summed E-state index contributed by atoms with van der Waals surface area (Å²) in [5.41, 5.74) is 7.72. The lowest BCUT2D eigenvalue weighted by Crippen LogP contribution is -2.03. The van der Waals surface area contributed by atoms with Gasteiger partial charge >= 0.3 is 0 Å². The first kappa shape index (κ1) is 12.6. The van der Waals surface area contributed by atoms with E-state index in [0.717, 1.165) is 23.9 Å². The molecule has 1 aliphatic rings. The molecule has 0 aliphatic heterocycles. The first-order chi connectivity index (χ1) is 10.2. The summed E-state index contributed by atoms with van der Waals surface area (Å²) in [7, 11) is 0. The Hall–Kier alpha value is -2.15. The maximum Gasteiger partial charge on any atom is 0.188 e. The van der Waals surface area contributed by atoms with Gasteiger partial charge in [0.2, 0.25) is 0 Å². The highest BCUT2D eigenvalue weighted by Crippen LogP contribution is 2.38. The minimum atomic E-state index is 0.347. The molecule has 0 atom stereocenters. The highest BCUT2D eigenvalue weighted by atomic mass is 35.5. The number of halogens is 1. The molecule has 3 heterocycles. The Morgan fingerprint density at radius 3 is 2.76 bits per heavy atom. The number of aromatic nitrogens is 6. The van der Waals surface area contributed by atoms with Crippen LogP contribution in [0.3, 0.4) is 0 Å². The number of rotatable bonds is 2. The van der Waals surface area contributed by atoms with Crippen LogP contribution in [0.5, 0.6) is 0 Å². The average Bonchev–Trinajstić information content (AvgIpc) is 3.18. The Morgan fingerprint density at radius 1 is 1.24 bits per heavy atom. The third kappa shape index (κ3) is 1.96. The molecule has 1 aliphatic carbocycles. The maximum absolute atomic E-state index is 6.03. The van der Waals surface area contributed by atoms with E-state index in [9.17, 15) is 0 Å². The van der Waals surface area contributed by atoms with Gasteiger partial charge in [0.25, 0.3) is 0 Å². The lowest BCUT2D eigenvalue weighted by Gasteiger charge is -2.05. The number of hydrogen-bond donors (Lipinski definition) is 2. The Balaban J connectivity index is 1.91. The van der Waals surface area contributed by atoms with E-state index in [2.05, 4.69) is 20.4 Å². The number of hydrogen-bond acceptors (Lipinski definition) is 5. The van der Waals surface area contributed by atoms with Crippen LogP contribution in [0.1, 0.15) is 37.3 Å². The molecule has 0 radical (unpaired) electrons. The molecule has 0 unspecified atom stereocenters. The highest BCUT2D eigenvalue weighted by molar-refractivity contribution is 6.29. The number of aromatic amines is 1. The van der Waals surface area contributed by atoms with Crippen LogP contribution >= 0.6 is 11.6 Å². The summed E-state index contributed by atoms with van der Waals surface area (Å²) in [5, 5.41) is 21.0. The third-order valence-electron chi connectivity index (χ3n) is 4.02. The highest BCUT2D eigenvalue weighted by Gasteiger charge is 2.26. The van der Waals surface area contributed by atoms with Crippen LogP contribution in [-0.4, -0.2) is 30.2 Å². The van der Waals surface area contributed by atoms with Crippen molar-refractivity contribution in [3.05, 3.63) is 23.0 Å². The molecule has 4 rings (SSSR count). The van der Waals surface area contributed by atoms with Crippen molar-refractivity contribution in [1.29, 1.82) is 0 Å². The van der Waals surface area contributed by atoms with Crippen LogP contribution in [-0.2, 0) is 0 Å². The largest absolute Gasteiger partial charge is 0.383 e. The van der Waals surface area contributed by atoms with E-state index in [-0.39, 0.29) is 0 Å². The quantitative estimate of drug-likeness (QED) is 0.757. The Bertz CT molecular complexity index is 783. The van der Waals surface area contributed by atoms with Crippen molar-refractivity contribution in [3.8, 4) is 5.82 Å². The zero-order valence-corrected chi connectivity index (χ0v) is 12.0. The number of fused-ring (bicyclic) bond motifs is 1. The number of H-pyrrole nitrogens is 1. The van der Waals surface area contributed by atoms with Gasteiger partial charge in [-0.25, -0.2) is 0 Å². The number of anilines is 1. The SMILES string of the molecule is Nc1[nH]nc2c1c(C1CCCC1)nn2-c1ccc(Cl)nn1. The fraction of sp³-hybridized carbons (Fsp3) is 0.385. The van der Waals surface area contributed by atoms with Gasteiger partial charge in [0.1, 0.15) is 5.82 Å². The van der Waals surface area contributed by atoms with Crippen LogP contribution in [0, 0.1) is 0 Å². The smallest absolute Gasteiger partial charge is 0.188 e. The molecule has 8 heteroatoms. The predicted molar refractivity (Wildman–Crippen MR) is 79.4 cm³/mol. The Kier molecular flexibility index (Phi) is 2.81. The zero-order chi connectivity index (χ0) is 14.4. The molecule has 108 valence electrons. The normalized spacial score (nSPS) is 16.0. The van der Waals surface area contributed by atoms with Crippen molar-refractivity contribution >= 4 is 28.5 Å². The number of nitrogens with one attached hydrogen (secondary N) is 1. The second kappa shape index (κ2) is 4.70. The molecule has 1 saturated carbocycles. The lowest BCUT2D eigenvalue weighted by molar-refractivity contribution is 0.677. The Labute approximate surface area is 125 Å². The molecule has 0 spiro atoms. The van der Waals surface area contributed by atoms with Gasteiger partial charge in [-0.05, 0) is 25.0 Å². The van der Waals surface area contributed by atoms with Crippen molar-refractivity contribution in [3.63, 3.8) is 0 Å². The van der Waals surface area contributed by atoms with E-state index in [1.54, 1.807) is 16.8 Å². The topological polar surface area (TPSA) is 98.3 Å². The van der Waals surface area contributed by atoms with Crippen molar-refractivity contribution < 1.29 is 0 Å². The van der Waals surface area contributed by atoms with Crippen LogP contribution in [0.4, 0.5) is 5.82 Å². The van der Waals surface area contributed by atoms with Gasteiger partial charge in [0, 0.05) is 5.92 Å².